The maximum atomic E-state index is 11.8. The van der Waals surface area contributed by atoms with E-state index in [-0.39, 0.29) is 10.9 Å². The Bertz CT molecular complexity index is 1040. The zero-order chi connectivity index (χ0) is 19.6. The van der Waals surface area contributed by atoms with Gasteiger partial charge in [0.05, 0.1) is 22.5 Å². The van der Waals surface area contributed by atoms with E-state index in [2.05, 4.69) is 43.4 Å². The minimum atomic E-state index is -3.46. The number of aromatic nitrogens is 4. The number of anilines is 2. The predicted octanol–water partition coefficient (Wildman–Crippen LogP) is 2.88. The van der Waals surface area contributed by atoms with E-state index in [0.29, 0.717) is 11.6 Å². The molecule has 0 atom stereocenters. The maximum Gasteiger partial charge on any atom is 0.240 e. The van der Waals surface area contributed by atoms with Crippen LogP contribution in [0.25, 0.3) is 11.4 Å². The fourth-order valence-electron chi connectivity index (χ4n) is 2.82. The molecule has 0 unspecified atom stereocenters. The third kappa shape index (κ3) is 3.99. The second-order valence-corrected chi connectivity index (χ2v) is 8.16. The van der Waals surface area contributed by atoms with Gasteiger partial charge in [-0.25, -0.2) is 28.1 Å². The van der Waals surface area contributed by atoms with Crippen LogP contribution in [0.1, 0.15) is 25.7 Å². The Morgan fingerprint density at radius 3 is 2.41 bits per heavy atom. The zero-order valence-electron chi connectivity index (χ0n) is 15.6. The summed E-state index contributed by atoms with van der Waals surface area (Å²) in [7, 11) is -2.08. The van der Waals surface area contributed by atoms with Crippen LogP contribution in [0.4, 0.5) is 11.6 Å². The second-order valence-electron chi connectivity index (χ2n) is 6.28. The molecule has 0 saturated carbocycles. The molecular weight excluding hydrogens is 364 g/mol. The van der Waals surface area contributed by atoms with Gasteiger partial charge in [-0.2, -0.15) is 0 Å². The van der Waals surface area contributed by atoms with Gasteiger partial charge in [0.1, 0.15) is 5.82 Å². The molecule has 2 N–H and O–H groups in total. The van der Waals surface area contributed by atoms with Gasteiger partial charge >= 0.3 is 0 Å². The van der Waals surface area contributed by atoms with Gasteiger partial charge in [0, 0.05) is 17.9 Å². The van der Waals surface area contributed by atoms with Gasteiger partial charge in [-0.15, -0.1) is 0 Å². The van der Waals surface area contributed by atoms with Gasteiger partial charge in [-0.1, -0.05) is 0 Å². The monoisotopic (exact) mass is 386 g/mol. The highest BCUT2D eigenvalue weighted by molar-refractivity contribution is 7.89. The molecule has 0 radical (unpaired) electrons. The molecule has 0 aliphatic rings. The summed E-state index contributed by atoms with van der Waals surface area (Å²) in [6.45, 7) is 6.16. The Balaban J connectivity index is 1.87. The first-order valence-corrected chi connectivity index (χ1v) is 9.98. The van der Waals surface area contributed by atoms with Crippen molar-refractivity contribution in [2.24, 2.45) is 0 Å². The van der Waals surface area contributed by atoms with E-state index < -0.39 is 10.0 Å². The molecule has 142 valence electrons. The summed E-state index contributed by atoms with van der Waals surface area (Å²) in [6.07, 6.45) is 3.48. The van der Waals surface area contributed by atoms with Crippen LogP contribution in [0.2, 0.25) is 0 Å². The molecule has 3 rings (SSSR count). The third-order valence-corrected chi connectivity index (χ3v) is 5.54. The summed E-state index contributed by atoms with van der Waals surface area (Å²) < 4.78 is 28.0. The molecular formula is C18H22N6O2S. The highest BCUT2D eigenvalue weighted by atomic mass is 32.2. The molecule has 0 spiro atoms. The molecule has 1 aromatic carbocycles. The van der Waals surface area contributed by atoms with Gasteiger partial charge in [0.15, 0.2) is 0 Å². The van der Waals surface area contributed by atoms with Gasteiger partial charge in [0.25, 0.3) is 0 Å². The molecule has 0 saturated heterocycles. The average molecular weight is 386 g/mol. The Hall–Kier alpha value is -2.78. The summed E-state index contributed by atoms with van der Waals surface area (Å²) in [5.41, 5.74) is 2.37. The standard InChI is InChI=1S/C18H22N6O2S/c1-12(2)24-13(3)21-11-17(24)16-9-10-20-18(23-16)22-14-5-7-15(8-6-14)27(25,26)19-4/h5-12,19H,1-4H3,(H,20,22,23). The molecule has 27 heavy (non-hydrogen) atoms. The molecule has 0 aliphatic heterocycles. The highest BCUT2D eigenvalue weighted by Gasteiger charge is 2.14. The van der Waals surface area contributed by atoms with Crippen LogP contribution in [0, 0.1) is 6.92 Å². The van der Waals surface area contributed by atoms with Crippen molar-refractivity contribution >= 4 is 21.7 Å². The molecule has 0 aliphatic carbocycles. The lowest BCUT2D eigenvalue weighted by Crippen LogP contribution is -2.18. The van der Waals surface area contributed by atoms with Crippen molar-refractivity contribution in [3.05, 3.63) is 48.5 Å². The van der Waals surface area contributed by atoms with Gasteiger partial charge in [0.2, 0.25) is 16.0 Å². The maximum absolute atomic E-state index is 11.8. The number of imidazole rings is 1. The van der Waals surface area contributed by atoms with Crippen LogP contribution in [0.3, 0.4) is 0 Å². The Kier molecular flexibility index (Phi) is 5.24. The lowest BCUT2D eigenvalue weighted by molar-refractivity contribution is 0.587. The van der Waals surface area contributed by atoms with Crippen LogP contribution in [0.5, 0.6) is 0 Å². The SMILES string of the molecule is CNS(=O)(=O)c1ccc(Nc2nccc(-c3cnc(C)n3C(C)C)n2)cc1. The van der Waals surface area contributed by atoms with Crippen molar-refractivity contribution in [3.8, 4) is 11.4 Å². The summed E-state index contributed by atoms with van der Waals surface area (Å²) in [5.74, 6) is 1.35. The number of nitrogens with one attached hydrogen (secondary N) is 2. The fourth-order valence-corrected chi connectivity index (χ4v) is 3.55. The van der Waals surface area contributed by atoms with E-state index in [1.165, 1.54) is 19.2 Å². The molecule has 2 aromatic heterocycles. The fraction of sp³-hybridized carbons (Fsp3) is 0.278. The molecule has 0 fully saturated rings. The number of nitrogens with zero attached hydrogens (tertiary/aromatic N) is 4. The van der Waals surface area contributed by atoms with Crippen LogP contribution < -0.4 is 10.0 Å². The van der Waals surface area contributed by atoms with Crippen molar-refractivity contribution in [3.63, 3.8) is 0 Å². The van der Waals surface area contributed by atoms with Gasteiger partial charge in [-0.3, -0.25) is 0 Å². The summed E-state index contributed by atoms with van der Waals surface area (Å²) in [5, 5.41) is 3.10. The number of hydrogen-bond acceptors (Lipinski definition) is 6. The first kappa shape index (κ1) is 19.0. The van der Waals surface area contributed by atoms with E-state index in [1.54, 1.807) is 24.5 Å². The average Bonchev–Trinajstić information content (AvgIpc) is 3.04. The second kappa shape index (κ2) is 7.45. The van der Waals surface area contributed by atoms with Crippen LogP contribution in [-0.4, -0.2) is 35.0 Å². The van der Waals surface area contributed by atoms with Crippen molar-refractivity contribution in [2.75, 3.05) is 12.4 Å². The highest BCUT2D eigenvalue weighted by Crippen LogP contribution is 2.24. The number of rotatable bonds is 6. The summed E-state index contributed by atoms with van der Waals surface area (Å²) >= 11 is 0. The van der Waals surface area contributed by atoms with Crippen molar-refractivity contribution in [2.45, 2.75) is 31.7 Å². The molecule has 9 heteroatoms. The zero-order valence-corrected chi connectivity index (χ0v) is 16.4. The lowest BCUT2D eigenvalue weighted by Gasteiger charge is -2.14. The molecule has 2 heterocycles. The lowest BCUT2D eigenvalue weighted by atomic mass is 10.2. The third-order valence-electron chi connectivity index (χ3n) is 4.11. The van der Waals surface area contributed by atoms with Crippen LogP contribution in [-0.2, 0) is 10.0 Å². The van der Waals surface area contributed by atoms with Crippen molar-refractivity contribution < 1.29 is 8.42 Å². The van der Waals surface area contributed by atoms with Gasteiger partial charge in [-0.05, 0) is 58.2 Å². The molecule has 0 amide bonds. The Morgan fingerprint density at radius 1 is 1.07 bits per heavy atom. The number of sulfonamides is 1. The Morgan fingerprint density at radius 2 is 1.78 bits per heavy atom. The normalized spacial score (nSPS) is 11.7. The molecule has 3 aromatic rings. The first-order valence-electron chi connectivity index (χ1n) is 8.49. The van der Waals surface area contributed by atoms with Gasteiger partial charge < -0.3 is 9.88 Å². The van der Waals surface area contributed by atoms with Crippen molar-refractivity contribution in [1.29, 1.82) is 0 Å². The number of benzene rings is 1. The number of aryl methyl sites for hydroxylation is 1. The topological polar surface area (TPSA) is 102 Å². The van der Waals surface area contributed by atoms with Crippen LogP contribution >= 0.6 is 0 Å². The summed E-state index contributed by atoms with van der Waals surface area (Å²) in [6, 6.07) is 8.48. The quantitative estimate of drug-likeness (QED) is 0.675. The number of hydrogen-bond donors (Lipinski definition) is 2. The van der Waals surface area contributed by atoms with Crippen LogP contribution in [0.15, 0.2) is 47.6 Å². The van der Waals surface area contributed by atoms with E-state index >= 15 is 0 Å². The van der Waals surface area contributed by atoms with Crippen molar-refractivity contribution in [1.82, 2.24) is 24.2 Å². The Labute approximate surface area is 158 Å². The van der Waals surface area contributed by atoms with E-state index in [9.17, 15) is 8.42 Å². The molecule has 8 nitrogen and oxygen atoms in total. The smallest absolute Gasteiger partial charge is 0.240 e. The summed E-state index contributed by atoms with van der Waals surface area (Å²) in [4.78, 5) is 13.4. The molecule has 0 bridgehead atoms. The minimum absolute atomic E-state index is 0.196. The predicted molar refractivity (Wildman–Crippen MR) is 104 cm³/mol. The van der Waals surface area contributed by atoms with E-state index in [0.717, 1.165) is 17.2 Å². The van der Waals surface area contributed by atoms with E-state index in [4.69, 9.17) is 0 Å². The largest absolute Gasteiger partial charge is 0.324 e. The minimum Gasteiger partial charge on any atom is -0.324 e. The van der Waals surface area contributed by atoms with E-state index in [1.807, 2.05) is 13.0 Å². The first-order chi connectivity index (χ1) is 12.8.